The number of thiazole rings is 1. The SMILES string of the molecule is CN(CC(=O)N1CCN(c2ncccn2)CC1)c1nc2ccccc2s1. The van der Waals surface area contributed by atoms with Gasteiger partial charge in [-0.05, 0) is 18.2 Å². The number of nitrogens with zero attached hydrogens (tertiary/aromatic N) is 6. The van der Waals surface area contributed by atoms with Gasteiger partial charge in [-0.1, -0.05) is 23.5 Å². The fourth-order valence-electron chi connectivity index (χ4n) is 3.00. The van der Waals surface area contributed by atoms with Gasteiger partial charge in [0.2, 0.25) is 11.9 Å². The summed E-state index contributed by atoms with van der Waals surface area (Å²) in [5.74, 6) is 0.853. The molecule has 8 heteroatoms. The second-order valence-electron chi connectivity index (χ2n) is 6.24. The molecule has 0 spiro atoms. The van der Waals surface area contributed by atoms with Crippen LogP contribution in [-0.2, 0) is 4.79 Å². The molecular weight excluding hydrogens is 348 g/mol. The predicted octanol–water partition coefficient (Wildman–Crippen LogP) is 1.87. The van der Waals surface area contributed by atoms with Gasteiger partial charge in [0.25, 0.3) is 0 Å². The van der Waals surface area contributed by atoms with Crippen LogP contribution in [0.4, 0.5) is 11.1 Å². The van der Waals surface area contributed by atoms with E-state index in [0.717, 1.165) is 34.4 Å². The Bertz CT molecular complexity index is 858. The summed E-state index contributed by atoms with van der Waals surface area (Å²) >= 11 is 1.61. The number of para-hydroxylation sites is 1. The van der Waals surface area contributed by atoms with E-state index in [2.05, 4.69) is 25.9 Å². The Morgan fingerprint density at radius 3 is 2.58 bits per heavy atom. The molecule has 3 heterocycles. The highest BCUT2D eigenvalue weighted by atomic mass is 32.1. The zero-order valence-corrected chi connectivity index (χ0v) is 15.4. The molecule has 0 bridgehead atoms. The summed E-state index contributed by atoms with van der Waals surface area (Å²) in [5, 5.41) is 0.871. The van der Waals surface area contributed by atoms with Gasteiger partial charge in [0.1, 0.15) is 0 Å². The molecule has 1 aromatic carbocycles. The van der Waals surface area contributed by atoms with E-state index >= 15 is 0 Å². The Kier molecular flexibility index (Phi) is 4.66. The molecule has 1 amide bonds. The van der Waals surface area contributed by atoms with E-state index in [1.165, 1.54) is 0 Å². The van der Waals surface area contributed by atoms with Crippen molar-refractivity contribution < 1.29 is 4.79 Å². The summed E-state index contributed by atoms with van der Waals surface area (Å²) < 4.78 is 1.14. The van der Waals surface area contributed by atoms with Crippen molar-refractivity contribution in [3.8, 4) is 0 Å². The number of piperazine rings is 1. The summed E-state index contributed by atoms with van der Waals surface area (Å²) in [4.78, 5) is 31.8. The van der Waals surface area contributed by atoms with E-state index < -0.39 is 0 Å². The third kappa shape index (κ3) is 3.45. The number of aromatic nitrogens is 3. The summed E-state index contributed by atoms with van der Waals surface area (Å²) in [6.45, 7) is 3.21. The Labute approximate surface area is 155 Å². The van der Waals surface area contributed by atoms with Crippen molar-refractivity contribution in [1.82, 2.24) is 19.9 Å². The van der Waals surface area contributed by atoms with Crippen molar-refractivity contribution in [1.29, 1.82) is 0 Å². The van der Waals surface area contributed by atoms with Crippen LogP contribution < -0.4 is 9.80 Å². The Balaban J connectivity index is 1.35. The number of amides is 1. The summed E-state index contributed by atoms with van der Waals surface area (Å²) in [6.07, 6.45) is 3.49. The molecule has 134 valence electrons. The zero-order chi connectivity index (χ0) is 17.9. The highest BCUT2D eigenvalue weighted by molar-refractivity contribution is 7.22. The second-order valence-corrected chi connectivity index (χ2v) is 7.25. The van der Waals surface area contributed by atoms with Gasteiger partial charge < -0.3 is 14.7 Å². The first-order valence-corrected chi connectivity index (χ1v) is 9.39. The van der Waals surface area contributed by atoms with Crippen LogP contribution in [0.2, 0.25) is 0 Å². The fourth-order valence-corrected chi connectivity index (χ4v) is 3.93. The van der Waals surface area contributed by atoms with E-state index in [4.69, 9.17) is 0 Å². The van der Waals surface area contributed by atoms with Crippen LogP contribution in [0, 0.1) is 0 Å². The molecule has 1 saturated heterocycles. The quantitative estimate of drug-likeness (QED) is 0.700. The summed E-state index contributed by atoms with van der Waals surface area (Å²) in [7, 11) is 1.92. The molecule has 0 saturated carbocycles. The molecule has 1 aliphatic rings. The van der Waals surface area contributed by atoms with Crippen LogP contribution in [0.15, 0.2) is 42.7 Å². The first-order valence-electron chi connectivity index (χ1n) is 8.57. The van der Waals surface area contributed by atoms with Crippen LogP contribution in [0.5, 0.6) is 0 Å². The van der Waals surface area contributed by atoms with Crippen LogP contribution in [-0.4, -0.2) is 65.5 Å². The summed E-state index contributed by atoms with van der Waals surface area (Å²) in [5.41, 5.74) is 0.975. The molecule has 0 atom stereocenters. The number of hydrogen-bond donors (Lipinski definition) is 0. The topological polar surface area (TPSA) is 65.5 Å². The molecule has 1 aliphatic heterocycles. The predicted molar refractivity (Wildman–Crippen MR) is 104 cm³/mol. The molecule has 0 N–H and O–H groups in total. The number of carbonyl (C=O) groups is 1. The highest BCUT2D eigenvalue weighted by Crippen LogP contribution is 2.27. The highest BCUT2D eigenvalue weighted by Gasteiger charge is 2.23. The average molecular weight is 368 g/mol. The van der Waals surface area contributed by atoms with Gasteiger partial charge >= 0.3 is 0 Å². The molecule has 0 radical (unpaired) electrons. The Hall–Kier alpha value is -2.74. The largest absolute Gasteiger partial charge is 0.342 e. The maximum absolute atomic E-state index is 12.7. The molecular formula is C18H20N6OS. The lowest BCUT2D eigenvalue weighted by atomic mass is 10.3. The monoisotopic (exact) mass is 368 g/mol. The third-order valence-corrected chi connectivity index (χ3v) is 5.60. The van der Waals surface area contributed by atoms with Gasteiger partial charge in [-0.3, -0.25) is 4.79 Å². The van der Waals surface area contributed by atoms with Crippen molar-refractivity contribution in [3.05, 3.63) is 42.7 Å². The minimum Gasteiger partial charge on any atom is -0.342 e. The Morgan fingerprint density at radius 2 is 1.85 bits per heavy atom. The maximum atomic E-state index is 12.7. The van der Waals surface area contributed by atoms with Gasteiger partial charge in [0.15, 0.2) is 5.13 Å². The molecule has 3 aromatic rings. The molecule has 0 aliphatic carbocycles. The van der Waals surface area contributed by atoms with E-state index in [0.29, 0.717) is 19.6 Å². The molecule has 2 aromatic heterocycles. The van der Waals surface area contributed by atoms with Crippen LogP contribution in [0.3, 0.4) is 0 Å². The number of fused-ring (bicyclic) bond motifs is 1. The summed E-state index contributed by atoms with van der Waals surface area (Å²) in [6, 6.07) is 9.84. The van der Waals surface area contributed by atoms with E-state index in [1.807, 2.05) is 35.0 Å². The van der Waals surface area contributed by atoms with Crippen molar-refractivity contribution >= 4 is 38.5 Å². The van der Waals surface area contributed by atoms with E-state index in [1.54, 1.807) is 29.8 Å². The molecule has 0 unspecified atom stereocenters. The van der Waals surface area contributed by atoms with Crippen LogP contribution >= 0.6 is 11.3 Å². The molecule has 7 nitrogen and oxygen atoms in total. The smallest absolute Gasteiger partial charge is 0.242 e. The molecule has 4 rings (SSSR count). The van der Waals surface area contributed by atoms with Gasteiger partial charge in [-0.15, -0.1) is 0 Å². The van der Waals surface area contributed by atoms with Crippen molar-refractivity contribution in [3.63, 3.8) is 0 Å². The zero-order valence-electron chi connectivity index (χ0n) is 14.6. The van der Waals surface area contributed by atoms with Gasteiger partial charge in [-0.25, -0.2) is 15.0 Å². The van der Waals surface area contributed by atoms with Gasteiger partial charge in [0.05, 0.1) is 16.8 Å². The number of anilines is 2. The number of likely N-dealkylation sites (N-methyl/N-ethyl adjacent to an activating group) is 1. The number of hydrogen-bond acceptors (Lipinski definition) is 7. The van der Waals surface area contributed by atoms with Crippen molar-refractivity contribution in [2.75, 3.05) is 49.6 Å². The first kappa shape index (κ1) is 16.7. The Morgan fingerprint density at radius 1 is 1.12 bits per heavy atom. The average Bonchev–Trinajstić information content (AvgIpc) is 3.13. The lowest BCUT2D eigenvalue weighted by Gasteiger charge is -2.35. The van der Waals surface area contributed by atoms with E-state index in [-0.39, 0.29) is 5.91 Å². The van der Waals surface area contributed by atoms with Gasteiger partial charge in [-0.2, -0.15) is 0 Å². The fraction of sp³-hybridized carbons (Fsp3) is 0.333. The van der Waals surface area contributed by atoms with Crippen molar-refractivity contribution in [2.45, 2.75) is 0 Å². The second kappa shape index (κ2) is 7.25. The number of rotatable bonds is 4. The van der Waals surface area contributed by atoms with Crippen LogP contribution in [0.1, 0.15) is 0 Å². The minimum absolute atomic E-state index is 0.125. The molecule has 26 heavy (non-hydrogen) atoms. The third-order valence-electron chi connectivity index (χ3n) is 4.45. The molecule has 1 fully saturated rings. The number of benzene rings is 1. The maximum Gasteiger partial charge on any atom is 0.242 e. The lowest BCUT2D eigenvalue weighted by Crippen LogP contribution is -2.51. The minimum atomic E-state index is 0.125. The van der Waals surface area contributed by atoms with Crippen LogP contribution in [0.25, 0.3) is 10.2 Å². The lowest BCUT2D eigenvalue weighted by molar-refractivity contribution is -0.129. The standard InChI is InChI=1S/C18H20N6OS/c1-22(18-21-14-5-2-3-6-15(14)26-18)13-16(25)23-9-11-24(12-10-23)17-19-7-4-8-20-17/h2-8H,9-13H2,1H3. The first-order chi connectivity index (χ1) is 12.7. The number of carbonyl (C=O) groups excluding carboxylic acids is 1. The normalized spacial score (nSPS) is 14.7. The van der Waals surface area contributed by atoms with E-state index in [9.17, 15) is 4.79 Å². The van der Waals surface area contributed by atoms with Crippen molar-refractivity contribution in [2.24, 2.45) is 0 Å². The van der Waals surface area contributed by atoms with Gasteiger partial charge in [0, 0.05) is 45.6 Å².